The molecular weight excluding hydrogens is 436 g/mol. The Morgan fingerprint density at radius 2 is 1.62 bits per heavy atom. The largest absolute Gasteiger partial charge is 0.481 e. The van der Waals surface area contributed by atoms with Crippen LogP contribution in [0.4, 0.5) is 15.3 Å². The summed E-state index contributed by atoms with van der Waals surface area (Å²) in [5.74, 6) is -1.15. The third-order valence-corrected chi connectivity index (χ3v) is 4.73. The Morgan fingerprint density at radius 1 is 0.969 bits per heavy atom. The van der Waals surface area contributed by atoms with Crippen molar-refractivity contribution in [1.29, 1.82) is 0 Å². The smallest absolute Gasteiger partial charge is 0.412 e. The number of ether oxygens (including phenoxy) is 2. The predicted molar refractivity (Wildman–Crippen MR) is 121 cm³/mol. The topological polar surface area (TPSA) is 114 Å². The third kappa shape index (κ3) is 7.46. The lowest BCUT2D eigenvalue weighted by Gasteiger charge is -2.32. The summed E-state index contributed by atoms with van der Waals surface area (Å²) >= 11 is 6.50. The van der Waals surface area contributed by atoms with E-state index in [4.69, 9.17) is 21.1 Å². The van der Waals surface area contributed by atoms with Crippen molar-refractivity contribution < 1.29 is 29.0 Å². The minimum atomic E-state index is -1.41. The first-order chi connectivity index (χ1) is 14.9. The van der Waals surface area contributed by atoms with E-state index in [1.165, 1.54) is 6.92 Å². The number of alkyl carbamates (subject to hydrolysis) is 1. The van der Waals surface area contributed by atoms with Gasteiger partial charge in [0.05, 0.1) is 22.7 Å². The number of carboxylic acids is 1. The molecule has 2 amide bonds. The lowest BCUT2D eigenvalue weighted by molar-refractivity contribution is -0.138. The minimum absolute atomic E-state index is 0.0703. The Bertz CT molecular complexity index is 974. The van der Waals surface area contributed by atoms with E-state index in [2.05, 4.69) is 10.6 Å². The van der Waals surface area contributed by atoms with E-state index in [-0.39, 0.29) is 17.3 Å². The van der Waals surface area contributed by atoms with Crippen molar-refractivity contribution in [2.75, 3.05) is 5.32 Å². The van der Waals surface area contributed by atoms with Gasteiger partial charge in [-0.25, -0.2) is 9.59 Å². The van der Waals surface area contributed by atoms with Crippen LogP contribution in [0, 0.1) is 0 Å². The first kappa shape index (κ1) is 25.0. The summed E-state index contributed by atoms with van der Waals surface area (Å²) in [6.07, 6.45) is -1.99. The number of aliphatic carboxylic acids is 1. The van der Waals surface area contributed by atoms with Gasteiger partial charge in [-0.3, -0.25) is 10.1 Å². The average Bonchev–Trinajstić information content (AvgIpc) is 2.66. The number of hydrogen-bond acceptors (Lipinski definition) is 5. The highest BCUT2D eigenvalue weighted by atomic mass is 35.5. The van der Waals surface area contributed by atoms with Gasteiger partial charge in [-0.05, 0) is 44.9 Å². The molecule has 1 atom stereocenters. The van der Waals surface area contributed by atoms with Gasteiger partial charge in [0.2, 0.25) is 0 Å². The molecule has 2 aromatic rings. The van der Waals surface area contributed by atoms with E-state index in [0.717, 1.165) is 5.56 Å². The molecule has 2 aromatic carbocycles. The Morgan fingerprint density at radius 3 is 2.22 bits per heavy atom. The number of carboxylic acid groups (broad SMARTS) is 1. The minimum Gasteiger partial charge on any atom is -0.481 e. The van der Waals surface area contributed by atoms with Crippen LogP contribution in [0.2, 0.25) is 5.02 Å². The quantitative estimate of drug-likeness (QED) is 0.514. The van der Waals surface area contributed by atoms with Gasteiger partial charge < -0.3 is 19.9 Å². The van der Waals surface area contributed by atoms with Crippen molar-refractivity contribution in [2.24, 2.45) is 0 Å². The van der Waals surface area contributed by atoms with E-state index in [1.54, 1.807) is 39.0 Å². The number of hydrogen-bond donors (Lipinski definition) is 3. The zero-order valence-corrected chi connectivity index (χ0v) is 19.2. The number of anilines is 1. The first-order valence-electron chi connectivity index (χ1n) is 9.89. The van der Waals surface area contributed by atoms with Gasteiger partial charge >= 0.3 is 18.2 Å². The monoisotopic (exact) mass is 462 g/mol. The van der Waals surface area contributed by atoms with Crippen LogP contribution in [0.25, 0.3) is 0 Å². The van der Waals surface area contributed by atoms with E-state index >= 15 is 0 Å². The standard InChI is InChI=1S/C23H27ClN2O6/c1-22(2,3)32-21(30)26-23(4,13-18(27)28)16-11-8-12-17(19(16)24)25-20(29)31-14-15-9-6-5-7-10-15/h5-12H,13-14H2,1-4H3,(H,25,29)(H,26,30)(H,27,28). The summed E-state index contributed by atoms with van der Waals surface area (Å²) in [7, 11) is 0. The molecule has 0 radical (unpaired) electrons. The fraction of sp³-hybridized carbons (Fsp3) is 0.348. The van der Waals surface area contributed by atoms with Crippen LogP contribution in [0.3, 0.4) is 0 Å². The van der Waals surface area contributed by atoms with Crippen molar-refractivity contribution >= 4 is 35.4 Å². The number of nitrogens with one attached hydrogen (secondary N) is 2. The zero-order valence-electron chi connectivity index (χ0n) is 18.4. The molecular formula is C23H27ClN2O6. The van der Waals surface area contributed by atoms with Crippen molar-refractivity contribution in [3.8, 4) is 0 Å². The molecule has 0 aliphatic rings. The number of benzene rings is 2. The molecule has 172 valence electrons. The van der Waals surface area contributed by atoms with Crippen LogP contribution < -0.4 is 10.6 Å². The van der Waals surface area contributed by atoms with Crippen LogP contribution in [-0.2, 0) is 26.4 Å². The van der Waals surface area contributed by atoms with Crippen LogP contribution in [-0.4, -0.2) is 28.9 Å². The Hall–Kier alpha value is -3.26. The van der Waals surface area contributed by atoms with Crippen molar-refractivity contribution in [3.05, 3.63) is 64.7 Å². The molecule has 0 saturated heterocycles. The summed E-state index contributed by atoms with van der Waals surface area (Å²) in [6, 6.07) is 13.9. The highest BCUT2D eigenvalue weighted by molar-refractivity contribution is 6.34. The lowest BCUT2D eigenvalue weighted by Crippen LogP contribution is -2.47. The third-order valence-electron chi connectivity index (χ3n) is 4.32. The van der Waals surface area contributed by atoms with Crippen molar-refractivity contribution in [1.82, 2.24) is 5.32 Å². The van der Waals surface area contributed by atoms with Crippen LogP contribution in [0.1, 0.15) is 45.2 Å². The predicted octanol–water partition coefficient (Wildman–Crippen LogP) is 5.30. The molecule has 0 aliphatic heterocycles. The van der Waals surface area contributed by atoms with Gasteiger partial charge in [-0.2, -0.15) is 0 Å². The van der Waals surface area contributed by atoms with Gasteiger partial charge in [0, 0.05) is 0 Å². The molecule has 0 spiro atoms. The molecule has 32 heavy (non-hydrogen) atoms. The summed E-state index contributed by atoms with van der Waals surface area (Å²) in [5.41, 5.74) is -0.850. The molecule has 2 rings (SSSR count). The van der Waals surface area contributed by atoms with Gasteiger partial charge in [0.25, 0.3) is 0 Å². The second kappa shape index (κ2) is 10.4. The van der Waals surface area contributed by atoms with Crippen LogP contribution >= 0.6 is 11.6 Å². The number of carbonyl (C=O) groups is 3. The Kier molecular flexibility index (Phi) is 8.10. The zero-order chi connectivity index (χ0) is 23.9. The SMILES string of the molecule is CC(C)(C)OC(=O)NC(C)(CC(=O)O)c1cccc(NC(=O)OCc2ccccc2)c1Cl. The van der Waals surface area contributed by atoms with Gasteiger partial charge in [0.1, 0.15) is 12.2 Å². The molecule has 0 aliphatic carbocycles. The summed E-state index contributed by atoms with van der Waals surface area (Å²) < 4.78 is 10.5. The number of amides is 2. The van der Waals surface area contributed by atoms with E-state index in [0.29, 0.717) is 5.56 Å². The molecule has 0 bridgehead atoms. The highest BCUT2D eigenvalue weighted by Gasteiger charge is 2.35. The van der Waals surface area contributed by atoms with Crippen LogP contribution in [0.5, 0.6) is 0 Å². The maximum atomic E-state index is 12.4. The van der Waals surface area contributed by atoms with Gasteiger partial charge in [-0.1, -0.05) is 54.1 Å². The fourth-order valence-electron chi connectivity index (χ4n) is 2.96. The molecule has 9 heteroatoms. The second-order valence-corrected chi connectivity index (χ2v) is 8.76. The molecule has 0 saturated carbocycles. The number of rotatable bonds is 7. The second-order valence-electron chi connectivity index (χ2n) is 8.38. The molecule has 0 heterocycles. The molecule has 0 fully saturated rings. The average molecular weight is 463 g/mol. The van der Waals surface area contributed by atoms with Gasteiger partial charge in [-0.15, -0.1) is 0 Å². The summed E-state index contributed by atoms with van der Waals surface area (Å²) in [4.78, 5) is 36.1. The van der Waals surface area contributed by atoms with Gasteiger partial charge in [0.15, 0.2) is 0 Å². The number of halogens is 1. The maximum Gasteiger partial charge on any atom is 0.412 e. The molecule has 1 unspecified atom stereocenters. The van der Waals surface area contributed by atoms with E-state index in [9.17, 15) is 19.5 Å². The first-order valence-corrected chi connectivity index (χ1v) is 10.3. The maximum absolute atomic E-state index is 12.4. The van der Waals surface area contributed by atoms with Crippen molar-refractivity contribution in [2.45, 2.75) is 51.9 Å². The highest BCUT2D eigenvalue weighted by Crippen LogP contribution is 2.36. The fourth-order valence-corrected chi connectivity index (χ4v) is 3.34. The van der Waals surface area contributed by atoms with E-state index in [1.807, 2.05) is 30.3 Å². The Labute approximate surface area is 191 Å². The Balaban J connectivity index is 2.22. The molecule has 0 aromatic heterocycles. The number of carbonyl (C=O) groups excluding carboxylic acids is 2. The molecule has 8 nitrogen and oxygen atoms in total. The van der Waals surface area contributed by atoms with Crippen LogP contribution in [0.15, 0.2) is 48.5 Å². The summed E-state index contributed by atoms with van der Waals surface area (Å²) in [5, 5.41) is 14.6. The normalized spacial score (nSPS) is 12.9. The molecule has 3 N–H and O–H groups in total. The summed E-state index contributed by atoms with van der Waals surface area (Å²) in [6.45, 7) is 6.67. The lowest BCUT2D eigenvalue weighted by atomic mass is 9.88. The van der Waals surface area contributed by atoms with E-state index < -0.39 is 35.7 Å². The van der Waals surface area contributed by atoms with Crippen molar-refractivity contribution in [3.63, 3.8) is 0 Å².